The average molecular weight is 314 g/mol. The van der Waals surface area contributed by atoms with Crippen LogP contribution < -0.4 is 0 Å². The van der Waals surface area contributed by atoms with Gasteiger partial charge in [-0.15, -0.1) is 0 Å². The monoisotopic (exact) mass is 313 g/mol. The molecule has 7 nitrogen and oxygen atoms in total. The number of nitrogens with zero attached hydrogens (tertiary/aromatic N) is 3. The fourth-order valence-electron chi connectivity index (χ4n) is 2.48. The number of ether oxygens (including phenoxy) is 1. The first-order chi connectivity index (χ1) is 10.0. The molecular formula is C13H16ClN3O4. The zero-order valence-electron chi connectivity index (χ0n) is 11.6. The van der Waals surface area contributed by atoms with Gasteiger partial charge in [0, 0.05) is 33.0 Å². The molecule has 1 saturated heterocycles. The Bertz CT molecular complexity index is 544. The predicted molar refractivity (Wildman–Crippen MR) is 76.4 cm³/mol. The third-order valence-corrected chi connectivity index (χ3v) is 3.87. The van der Waals surface area contributed by atoms with Crippen LogP contribution in [0, 0.1) is 16.0 Å². The fourth-order valence-corrected chi connectivity index (χ4v) is 2.71. The molecule has 1 aliphatic heterocycles. The standard InChI is InChI=1S/C13H16ClN3O4/c1-21-8-9-3-6-16(7-4-9)13(18)10-2-5-15-12(14)11(10)17(19)20/h2,5,9H,3-4,6-8H2,1H3. The van der Waals surface area contributed by atoms with Crippen LogP contribution in [0.5, 0.6) is 0 Å². The Kier molecular flexibility index (Phi) is 5.08. The van der Waals surface area contributed by atoms with Crippen molar-refractivity contribution in [2.75, 3.05) is 26.8 Å². The maximum absolute atomic E-state index is 12.4. The van der Waals surface area contributed by atoms with Crippen molar-refractivity contribution >= 4 is 23.2 Å². The van der Waals surface area contributed by atoms with Gasteiger partial charge in [-0.25, -0.2) is 4.98 Å². The Labute approximate surface area is 127 Å². The molecule has 114 valence electrons. The van der Waals surface area contributed by atoms with Crippen LogP contribution in [0.15, 0.2) is 12.3 Å². The molecule has 0 radical (unpaired) electrons. The zero-order valence-corrected chi connectivity index (χ0v) is 12.4. The molecular weight excluding hydrogens is 298 g/mol. The molecule has 1 amide bonds. The molecule has 8 heteroatoms. The molecule has 0 bridgehead atoms. The molecule has 1 aromatic heterocycles. The van der Waals surface area contributed by atoms with Gasteiger partial charge in [-0.05, 0) is 24.8 Å². The number of methoxy groups -OCH3 is 1. The minimum absolute atomic E-state index is 0.00908. The van der Waals surface area contributed by atoms with Crippen LogP contribution in [0.4, 0.5) is 5.69 Å². The van der Waals surface area contributed by atoms with Crippen LogP contribution in [0.1, 0.15) is 23.2 Å². The van der Waals surface area contributed by atoms with Crippen molar-refractivity contribution in [2.45, 2.75) is 12.8 Å². The SMILES string of the molecule is COCC1CCN(C(=O)c2ccnc(Cl)c2[N+](=O)[O-])CC1. The van der Waals surface area contributed by atoms with E-state index >= 15 is 0 Å². The quantitative estimate of drug-likeness (QED) is 0.483. The second kappa shape index (κ2) is 6.82. The number of pyridine rings is 1. The first kappa shape index (κ1) is 15.7. The highest BCUT2D eigenvalue weighted by molar-refractivity contribution is 6.32. The molecule has 0 N–H and O–H groups in total. The van der Waals surface area contributed by atoms with Crippen molar-refractivity contribution in [2.24, 2.45) is 5.92 Å². The topological polar surface area (TPSA) is 85.6 Å². The second-order valence-electron chi connectivity index (χ2n) is 4.95. The number of hydrogen-bond acceptors (Lipinski definition) is 5. The minimum atomic E-state index is -0.666. The van der Waals surface area contributed by atoms with Gasteiger partial charge in [-0.1, -0.05) is 11.6 Å². The van der Waals surface area contributed by atoms with E-state index in [1.807, 2.05) is 0 Å². The van der Waals surface area contributed by atoms with Crippen molar-refractivity contribution in [3.05, 3.63) is 33.1 Å². The Morgan fingerprint density at radius 3 is 2.81 bits per heavy atom. The highest BCUT2D eigenvalue weighted by Gasteiger charge is 2.30. The van der Waals surface area contributed by atoms with E-state index in [1.165, 1.54) is 12.3 Å². The lowest BCUT2D eigenvalue weighted by molar-refractivity contribution is -0.385. The molecule has 2 heterocycles. The normalized spacial score (nSPS) is 16.0. The van der Waals surface area contributed by atoms with E-state index in [0.717, 1.165) is 12.8 Å². The summed E-state index contributed by atoms with van der Waals surface area (Å²) in [6.45, 7) is 1.79. The zero-order chi connectivity index (χ0) is 15.4. The summed E-state index contributed by atoms with van der Waals surface area (Å²) in [6, 6.07) is 1.34. The lowest BCUT2D eigenvalue weighted by Gasteiger charge is -2.31. The summed E-state index contributed by atoms with van der Waals surface area (Å²) < 4.78 is 5.11. The third kappa shape index (κ3) is 3.48. The number of aromatic nitrogens is 1. The fraction of sp³-hybridized carbons (Fsp3) is 0.538. The number of carbonyl (C=O) groups excluding carboxylic acids is 1. The largest absolute Gasteiger partial charge is 0.384 e. The Balaban J connectivity index is 2.15. The Morgan fingerprint density at radius 1 is 1.57 bits per heavy atom. The number of likely N-dealkylation sites (tertiary alicyclic amines) is 1. The van der Waals surface area contributed by atoms with Crippen LogP contribution in [0.25, 0.3) is 0 Å². The van der Waals surface area contributed by atoms with Crippen molar-refractivity contribution in [3.8, 4) is 0 Å². The number of piperidine rings is 1. The first-order valence-corrected chi connectivity index (χ1v) is 6.99. The number of amides is 1. The predicted octanol–water partition coefficient (Wildman–Crippen LogP) is 2.14. The number of carbonyl (C=O) groups is 1. The number of rotatable bonds is 4. The minimum Gasteiger partial charge on any atom is -0.384 e. The van der Waals surface area contributed by atoms with Gasteiger partial charge in [0.25, 0.3) is 5.91 Å². The lowest BCUT2D eigenvalue weighted by atomic mass is 9.97. The number of hydrogen-bond donors (Lipinski definition) is 0. The molecule has 21 heavy (non-hydrogen) atoms. The summed E-state index contributed by atoms with van der Waals surface area (Å²) in [7, 11) is 1.65. The number of nitro groups is 1. The van der Waals surface area contributed by atoms with Crippen LogP contribution in [-0.2, 0) is 4.74 Å². The van der Waals surface area contributed by atoms with Gasteiger partial charge in [0.1, 0.15) is 5.56 Å². The highest BCUT2D eigenvalue weighted by atomic mass is 35.5. The Hall–Kier alpha value is -1.73. The molecule has 1 aliphatic rings. The van der Waals surface area contributed by atoms with Gasteiger partial charge in [-0.2, -0.15) is 0 Å². The molecule has 0 aromatic carbocycles. The first-order valence-electron chi connectivity index (χ1n) is 6.61. The molecule has 2 rings (SSSR count). The smallest absolute Gasteiger partial charge is 0.319 e. The summed E-state index contributed by atoms with van der Waals surface area (Å²) in [5, 5.41) is 10.8. The van der Waals surface area contributed by atoms with Crippen molar-refractivity contribution in [1.29, 1.82) is 0 Å². The van der Waals surface area contributed by atoms with E-state index in [4.69, 9.17) is 16.3 Å². The van der Waals surface area contributed by atoms with Crippen LogP contribution >= 0.6 is 11.6 Å². The molecule has 0 saturated carbocycles. The van der Waals surface area contributed by atoms with Crippen molar-refractivity contribution < 1.29 is 14.5 Å². The maximum Gasteiger partial charge on any atom is 0.319 e. The van der Waals surface area contributed by atoms with E-state index < -0.39 is 10.6 Å². The van der Waals surface area contributed by atoms with Crippen LogP contribution in [0.3, 0.4) is 0 Å². The summed E-state index contributed by atoms with van der Waals surface area (Å²) >= 11 is 5.73. The second-order valence-corrected chi connectivity index (χ2v) is 5.30. The molecule has 0 spiro atoms. The Morgan fingerprint density at radius 2 is 2.24 bits per heavy atom. The van der Waals surface area contributed by atoms with Gasteiger partial charge in [0.15, 0.2) is 0 Å². The average Bonchev–Trinajstić information content (AvgIpc) is 2.47. The number of halogens is 1. The van der Waals surface area contributed by atoms with E-state index in [0.29, 0.717) is 25.6 Å². The lowest BCUT2D eigenvalue weighted by Crippen LogP contribution is -2.39. The van der Waals surface area contributed by atoms with E-state index in [-0.39, 0.29) is 16.6 Å². The van der Waals surface area contributed by atoms with Gasteiger partial charge in [0.2, 0.25) is 5.15 Å². The van der Waals surface area contributed by atoms with Gasteiger partial charge < -0.3 is 9.64 Å². The van der Waals surface area contributed by atoms with Gasteiger partial charge in [-0.3, -0.25) is 14.9 Å². The van der Waals surface area contributed by atoms with Crippen molar-refractivity contribution in [1.82, 2.24) is 9.88 Å². The summed E-state index contributed by atoms with van der Waals surface area (Å²) in [6.07, 6.45) is 2.96. The molecule has 0 atom stereocenters. The third-order valence-electron chi connectivity index (χ3n) is 3.60. The van der Waals surface area contributed by atoms with Crippen molar-refractivity contribution in [3.63, 3.8) is 0 Å². The highest BCUT2D eigenvalue weighted by Crippen LogP contribution is 2.28. The van der Waals surface area contributed by atoms with Gasteiger partial charge >= 0.3 is 5.69 Å². The van der Waals surface area contributed by atoms with Crippen LogP contribution in [0.2, 0.25) is 5.15 Å². The van der Waals surface area contributed by atoms with E-state index in [2.05, 4.69) is 4.98 Å². The summed E-state index contributed by atoms with van der Waals surface area (Å²) in [5.74, 6) is 0.0527. The molecule has 1 fully saturated rings. The van der Waals surface area contributed by atoms with Gasteiger partial charge in [0.05, 0.1) is 4.92 Å². The summed E-state index contributed by atoms with van der Waals surface area (Å²) in [5.41, 5.74) is -0.437. The van der Waals surface area contributed by atoms with E-state index in [9.17, 15) is 14.9 Å². The van der Waals surface area contributed by atoms with E-state index in [1.54, 1.807) is 12.0 Å². The van der Waals surface area contributed by atoms with Crippen LogP contribution in [-0.4, -0.2) is 47.5 Å². The summed E-state index contributed by atoms with van der Waals surface area (Å²) in [4.78, 5) is 28.1. The molecule has 0 unspecified atom stereocenters. The maximum atomic E-state index is 12.4. The molecule has 0 aliphatic carbocycles. The molecule has 1 aromatic rings.